The molecule has 0 saturated heterocycles. The zero-order valence-electron chi connectivity index (χ0n) is 15.9. The molecule has 3 N–H and O–H groups in total. The third-order valence-electron chi connectivity index (χ3n) is 4.04. The molecule has 0 aliphatic carbocycles. The van der Waals surface area contributed by atoms with Crippen molar-refractivity contribution in [2.75, 3.05) is 10.6 Å². The molecule has 2 heterocycles. The number of aromatic amines is 1. The van der Waals surface area contributed by atoms with Gasteiger partial charge < -0.3 is 15.1 Å². The predicted molar refractivity (Wildman–Crippen MR) is 112 cm³/mol. The number of carbonyl (C=O) groups excluding carboxylic acids is 2. The number of nitrogens with zero attached hydrogens (tertiary/aromatic N) is 1. The number of furan rings is 1. The molecule has 0 unspecified atom stereocenters. The molecular weight excluding hydrogens is 392 g/mol. The van der Waals surface area contributed by atoms with Gasteiger partial charge in [0.05, 0.1) is 6.26 Å². The first-order valence-electron chi connectivity index (χ1n) is 9.00. The molecule has 0 saturated carbocycles. The molecule has 2 aromatic heterocycles. The van der Waals surface area contributed by atoms with Crippen molar-refractivity contribution in [2.24, 2.45) is 0 Å². The number of rotatable bonds is 7. The van der Waals surface area contributed by atoms with Crippen molar-refractivity contribution in [3.63, 3.8) is 0 Å². The highest BCUT2D eigenvalue weighted by Gasteiger charge is 2.20. The first-order valence-corrected chi connectivity index (χ1v) is 9.88. The summed E-state index contributed by atoms with van der Waals surface area (Å²) in [5.41, 5.74) is -0.342. The van der Waals surface area contributed by atoms with E-state index in [0.29, 0.717) is 10.7 Å². The van der Waals surface area contributed by atoms with Gasteiger partial charge in [-0.2, -0.15) is 0 Å². The summed E-state index contributed by atoms with van der Waals surface area (Å²) in [6.07, 6.45) is 2.23. The molecule has 0 spiro atoms. The van der Waals surface area contributed by atoms with Crippen LogP contribution in [0, 0.1) is 0 Å². The van der Waals surface area contributed by atoms with E-state index < -0.39 is 17.4 Å². The Morgan fingerprint density at radius 2 is 1.90 bits per heavy atom. The van der Waals surface area contributed by atoms with Crippen molar-refractivity contribution in [1.82, 2.24) is 9.97 Å². The first kappa shape index (κ1) is 20.4. The molecule has 0 aliphatic heterocycles. The Bertz CT molecular complexity index is 1050. The van der Waals surface area contributed by atoms with Gasteiger partial charge in [0, 0.05) is 10.8 Å². The van der Waals surface area contributed by atoms with Crippen LogP contribution in [0.3, 0.4) is 0 Å². The number of benzene rings is 1. The minimum atomic E-state index is -0.581. The summed E-state index contributed by atoms with van der Waals surface area (Å²) in [6.45, 7) is 4.01. The fourth-order valence-corrected chi connectivity index (χ4v) is 3.18. The van der Waals surface area contributed by atoms with Crippen LogP contribution in [0.1, 0.15) is 41.2 Å². The third kappa shape index (κ3) is 5.14. The van der Waals surface area contributed by atoms with E-state index in [1.807, 2.05) is 13.8 Å². The van der Waals surface area contributed by atoms with E-state index in [0.717, 1.165) is 6.42 Å². The summed E-state index contributed by atoms with van der Waals surface area (Å²) in [7, 11) is 0. The lowest BCUT2D eigenvalue weighted by Gasteiger charge is -2.13. The Kier molecular flexibility index (Phi) is 6.50. The number of nitrogens with one attached hydrogen (secondary N) is 3. The molecule has 150 valence electrons. The maximum atomic E-state index is 12.7. The van der Waals surface area contributed by atoms with E-state index in [2.05, 4.69) is 20.6 Å². The van der Waals surface area contributed by atoms with Gasteiger partial charge in [0.15, 0.2) is 22.4 Å². The molecule has 3 rings (SSSR count). The van der Waals surface area contributed by atoms with Crippen LogP contribution in [0.2, 0.25) is 0 Å². The summed E-state index contributed by atoms with van der Waals surface area (Å²) < 4.78 is 5.08. The summed E-state index contributed by atoms with van der Waals surface area (Å²) in [4.78, 5) is 44.6. The van der Waals surface area contributed by atoms with E-state index in [1.54, 1.807) is 36.4 Å². The Balaban J connectivity index is 1.95. The van der Waals surface area contributed by atoms with Gasteiger partial charge in [-0.3, -0.25) is 19.4 Å². The number of hydrogen-bond acceptors (Lipinski definition) is 6. The quantitative estimate of drug-likeness (QED) is 0.402. The fourth-order valence-electron chi connectivity index (χ4n) is 2.34. The van der Waals surface area contributed by atoms with Crippen molar-refractivity contribution in [3.8, 4) is 0 Å². The van der Waals surface area contributed by atoms with Crippen LogP contribution in [-0.4, -0.2) is 27.0 Å². The highest BCUT2D eigenvalue weighted by Crippen LogP contribution is 2.24. The maximum absolute atomic E-state index is 12.7. The second-order valence-corrected chi connectivity index (χ2v) is 7.61. The Morgan fingerprint density at radius 3 is 2.55 bits per heavy atom. The van der Waals surface area contributed by atoms with E-state index in [1.165, 1.54) is 24.1 Å². The monoisotopic (exact) mass is 412 g/mol. The lowest BCUT2D eigenvalue weighted by Crippen LogP contribution is -2.25. The summed E-state index contributed by atoms with van der Waals surface area (Å²) >= 11 is 1.37. The van der Waals surface area contributed by atoms with E-state index >= 15 is 0 Å². The Hall–Kier alpha value is -3.33. The minimum Gasteiger partial charge on any atom is -0.459 e. The Morgan fingerprint density at radius 1 is 1.14 bits per heavy atom. The van der Waals surface area contributed by atoms with Gasteiger partial charge in [-0.1, -0.05) is 43.8 Å². The second-order valence-electron chi connectivity index (χ2n) is 6.18. The zero-order chi connectivity index (χ0) is 20.8. The molecule has 0 bridgehead atoms. The number of anilines is 2. The second kappa shape index (κ2) is 9.24. The van der Waals surface area contributed by atoms with Gasteiger partial charge in [0.2, 0.25) is 0 Å². The van der Waals surface area contributed by atoms with Crippen LogP contribution < -0.4 is 16.2 Å². The third-order valence-corrected chi connectivity index (χ3v) is 5.19. The molecule has 0 aliphatic rings. The maximum Gasteiger partial charge on any atom is 0.292 e. The van der Waals surface area contributed by atoms with Gasteiger partial charge in [-0.25, -0.2) is 4.98 Å². The number of H-pyrrole nitrogens is 1. The lowest BCUT2D eigenvalue weighted by molar-refractivity contribution is 0.0992. The molecule has 2 amide bonds. The average molecular weight is 412 g/mol. The van der Waals surface area contributed by atoms with E-state index in [4.69, 9.17) is 4.42 Å². The topological polar surface area (TPSA) is 117 Å². The molecular formula is C20H20N4O4S. The molecule has 1 atom stereocenters. The molecule has 0 fully saturated rings. The molecule has 8 nitrogen and oxygen atoms in total. The van der Waals surface area contributed by atoms with Crippen molar-refractivity contribution in [1.29, 1.82) is 0 Å². The summed E-state index contributed by atoms with van der Waals surface area (Å²) in [5, 5.41) is 5.64. The predicted octanol–water partition coefficient (Wildman–Crippen LogP) is 3.76. The van der Waals surface area contributed by atoms with Gasteiger partial charge in [-0.15, -0.1) is 0 Å². The standard InChI is InChI=1S/C20H20N4O4S/c1-3-12(2)29-20-23-16(22-18(26)14-10-7-11-28-14)15(19(27)24-20)21-17(25)13-8-5-4-6-9-13/h4-12H,3H2,1-2H3,(H,21,25)(H2,22,23,24,26,27)/t12-/m0/s1. The molecule has 29 heavy (non-hydrogen) atoms. The van der Waals surface area contributed by atoms with Crippen LogP contribution in [0.4, 0.5) is 11.5 Å². The number of carbonyl (C=O) groups is 2. The van der Waals surface area contributed by atoms with Crippen molar-refractivity contribution < 1.29 is 14.0 Å². The number of amides is 2. The lowest BCUT2D eigenvalue weighted by atomic mass is 10.2. The SMILES string of the molecule is CC[C@H](C)Sc1nc(NC(=O)c2ccco2)c(NC(=O)c2ccccc2)c(=O)[nH]1. The molecule has 1 aromatic carbocycles. The number of thioether (sulfide) groups is 1. The highest BCUT2D eigenvalue weighted by molar-refractivity contribution is 7.99. The first-order chi connectivity index (χ1) is 14.0. The van der Waals surface area contributed by atoms with Crippen molar-refractivity contribution in [3.05, 3.63) is 70.4 Å². The van der Waals surface area contributed by atoms with E-state index in [-0.39, 0.29) is 22.5 Å². The van der Waals surface area contributed by atoms with Crippen LogP contribution in [-0.2, 0) is 0 Å². The number of aromatic nitrogens is 2. The zero-order valence-corrected chi connectivity index (χ0v) is 16.7. The van der Waals surface area contributed by atoms with Crippen molar-refractivity contribution in [2.45, 2.75) is 30.7 Å². The van der Waals surface area contributed by atoms with Gasteiger partial charge >= 0.3 is 0 Å². The highest BCUT2D eigenvalue weighted by atomic mass is 32.2. The largest absolute Gasteiger partial charge is 0.459 e. The van der Waals surface area contributed by atoms with Crippen LogP contribution in [0.15, 0.2) is 63.1 Å². The summed E-state index contributed by atoms with van der Waals surface area (Å²) in [6, 6.07) is 11.5. The van der Waals surface area contributed by atoms with Crippen LogP contribution in [0.25, 0.3) is 0 Å². The van der Waals surface area contributed by atoms with Crippen molar-refractivity contribution >= 4 is 35.1 Å². The molecule has 9 heteroatoms. The van der Waals surface area contributed by atoms with Crippen LogP contribution >= 0.6 is 11.8 Å². The van der Waals surface area contributed by atoms with Gasteiger partial charge in [0.25, 0.3) is 17.4 Å². The van der Waals surface area contributed by atoms with Gasteiger partial charge in [0.1, 0.15) is 0 Å². The smallest absolute Gasteiger partial charge is 0.292 e. The minimum absolute atomic E-state index is 0.0507. The van der Waals surface area contributed by atoms with E-state index in [9.17, 15) is 14.4 Å². The fraction of sp³-hybridized carbons (Fsp3) is 0.200. The Labute approximate surface area is 171 Å². The average Bonchev–Trinajstić information content (AvgIpc) is 3.26. The molecule has 3 aromatic rings. The normalized spacial score (nSPS) is 11.7. The number of hydrogen-bond donors (Lipinski definition) is 3. The molecule has 0 radical (unpaired) electrons. The van der Waals surface area contributed by atoms with Crippen LogP contribution in [0.5, 0.6) is 0 Å². The summed E-state index contributed by atoms with van der Waals surface area (Å²) in [5.74, 6) is -1.06. The van der Waals surface area contributed by atoms with Gasteiger partial charge in [-0.05, 0) is 30.7 Å².